The predicted molar refractivity (Wildman–Crippen MR) is 115 cm³/mol. The number of benzene rings is 2. The van der Waals surface area contributed by atoms with Crippen molar-refractivity contribution in [1.82, 2.24) is 25.0 Å². The van der Waals surface area contributed by atoms with Gasteiger partial charge in [-0.25, -0.2) is 9.37 Å². The van der Waals surface area contributed by atoms with Crippen LogP contribution in [0, 0.1) is 12.7 Å². The summed E-state index contributed by atoms with van der Waals surface area (Å²) in [6.45, 7) is 1.86. The molecule has 0 spiro atoms. The molecule has 0 bridgehead atoms. The lowest BCUT2D eigenvalue weighted by Gasteiger charge is -2.24. The molecule has 8 nitrogen and oxygen atoms in total. The second kappa shape index (κ2) is 7.84. The number of halogens is 1. The monoisotopic (exact) mass is 430 g/mol. The average molecular weight is 430 g/mol. The number of anilines is 1. The summed E-state index contributed by atoms with van der Waals surface area (Å²) in [5, 5.41) is 15.7. The normalized spacial score (nSPS) is 15.2. The van der Waals surface area contributed by atoms with Crippen LogP contribution in [-0.2, 0) is 4.79 Å². The Morgan fingerprint density at radius 2 is 2.00 bits per heavy atom. The summed E-state index contributed by atoms with van der Waals surface area (Å²) in [6.07, 6.45) is 1.80. The minimum atomic E-state index is -0.324. The Balaban J connectivity index is 1.60. The Labute approximate surface area is 183 Å². The highest BCUT2D eigenvalue weighted by Crippen LogP contribution is 2.40. The number of aromatic nitrogens is 5. The van der Waals surface area contributed by atoms with E-state index >= 15 is 0 Å². The fourth-order valence-corrected chi connectivity index (χ4v) is 3.98. The molecule has 0 saturated carbocycles. The number of fused-ring (bicyclic) bond motifs is 1. The summed E-state index contributed by atoms with van der Waals surface area (Å²) < 4.78 is 20.2. The van der Waals surface area contributed by atoms with Gasteiger partial charge in [-0.15, -0.1) is 5.10 Å². The van der Waals surface area contributed by atoms with E-state index in [-0.39, 0.29) is 30.0 Å². The number of carbonyl (C=O) groups is 1. The van der Waals surface area contributed by atoms with Gasteiger partial charge in [0, 0.05) is 23.5 Å². The molecule has 1 amide bonds. The second-order valence-electron chi connectivity index (χ2n) is 7.49. The van der Waals surface area contributed by atoms with Gasteiger partial charge in [-0.05, 0) is 36.8 Å². The maximum Gasteiger partial charge on any atom is 0.272 e. The number of rotatable bonds is 4. The molecule has 9 heteroatoms. The summed E-state index contributed by atoms with van der Waals surface area (Å²) in [4.78, 5) is 17.1. The molecule has 2 aromatic heterocycles. The first kappa shape index (κ1) is 19.8. The number of nitrogens with one attached hydrogen (secondary N) is 1. The van der Waals surface area contributed by atoms with Crippen LogP contribution in [0.15, 0.2) is 54.7 Å². The quantitative estimate of drug-likeness (QED) is 0.531. The number of aryl methyl sites for hydroxylation is 1. The van der Waals surface area contributed by atoms with E-state index in [1.807, 2.05) is 31.2 Å². The van der Waals surface area contributed by atoms with Crippen molar-refractivity contribution < 1.29 is 13.9 Å². The number of carbonyl (C=O) groups excluding carboxylic acids is 1. The van der Waals surface area contributed by atoms with Crippen LogP contribution < -0.4 is 10.1 Å². The molecule has 3 heterocycles. The van der Waals surface area contributed by atoms with Crippen LogP contribution in [0.5, 0.6) is 5.75 Å². The highest BCUT2D eigenvalue weighted by atomic mass is 19.1. The SMILES string of the molecule is COc1cccc(-c2cnnc(-n3nc(C)c4c3NC(=O)C[C@H]4c3ccc(F)cc3)n2)c1. The number of amides is 1. The number of nitrogens with zero attached hydrogens (tertiary/aromatic N) is 5. The first-order chi connectivity index (χ1) is 15.5. The van der Waals surface area contributed by atoms with Crippen LogP contribution in [0.2, 0.25) is 0 Å². The molecule has 1 aliphatic rings. The Hall–Kier alpha value is -4.14. The standard InChI is InChI=1S/C23H19FN6O2/c1-13-21-18(14-6-8-16(24)9-7-14)11-20(31)27-22(21)30(29-13)23-26-19(12-25-28-23)15-4-3-5-17(10-15)32-2/h3-10,12,18H,11H2,1-2H3,(H,27,31)/t18-/m0/s1. The molecule has 32 heavy (non-hydrogen) atoms. The number of hydrogen-bond acceptors (Lipinski definition) is 6. The van der Waals surface area contributed by atoms with Crippen molar-refractivity contribution in [3.8, 4) is 23.0 Å². The molecule has 1 atom stereocenters. The van der Waals surface area contributed by atoms with Gasteiger partial charge in [-0.3, -0.25) is 4.79 Å². The highest BCUT2D eigenvalue weighted by molar-refractivity contribution is 5.95. The van der Waals surface area contributed by atoms with Gasteiger partial charge in [-0.1, -0.05) is 24.3 Å². The fourth-order valence-electron chi connectivity index (χ4n) is 3.98. The first-order valence-corrected chi connectivity index (χ1v) is 10.0. The Morgan fingerprint density at radius 3 is 2.78 bits per heavy atom. The zero-order chi connectivity index (χ0) is 22.2. The Morgan fingerprint density at radius 1 is 1.19 bits per heavy atom. The van der Waals surface area contributed by atoms with Crippen LogP contribution in [0.4, 0.5) is 10.2 Å². The van der Waals surface area contributed by atoms with Gasteiger partial charge in [0.1, 0.15) is 17.4 Å². The molecular formula is C23H19FN6O2. The largest absolute Gasteiger partial charge is 0.497 e. The van der Waals surface area contributed by atoms with Crippen molar-refractivity contribution in [2.24, 2.45) is 0 Å². The van der Waals surface area contributed by atoms with Crippen LogP contribution in [0.1, 0.15) is 29.2 Å². The lowest BCUT2D eigenvalue weighted by Crippen LogP contribution is -2.25. The van der Waals surface area contributed by atoms with E-state index in [9.17, 15) is 9.18 Å². The molecule has 0 unspecified atom stereocenters. The molecule has 5 rings (SSSR count). The molecule has 0 radical (unpaired) electrons. The van der Waals surface area contributed by atoms with Crippen LogP contribution in [0.3, 0.4) is 0 Å². The van der Waals surface area contributed by atoms with Crippen LogP contribution in [-0.4, -0.2) is 38.0 Å². The van der Waals surface area contributed by atoms with E-state index in [2.05, 4.69) is 25.6 Å². The topological polar surface area (TPSA) is 94.8 Å². The number of methoxy groups -OCH3 is 1. The first-order valence-electron chi connectivity index (χ1n) is 10.0. The molecule has 1 N–H and O–H groups in total. The Bertz CT molecular complexity index is 1320. The van der Waals surface area contributed by atoms with Crippen molar-refractivity contribution in [3.63, 3.8) is 0 Å². The van der Waals surface area contributed by atoms with Gasteiger partial charge in [0.2, 0.25) is 5.91 Å². The number of ether oxygens (including phenoxy) is 1. The zero-order valence-corrected chi connectivity index (χ0v) is 17.4. The number of hydrogen-bond donors (Lipinski definition) is 1. The van der Waals surface area contributed by atoms with Gasteiger partial charge in [0.25, 0.3) is 5.95 Å². The maximum atomic E-state index is 13.4. The smallest absolute Gasteiger partial charge is 0.272 e. The maximum absolute atomic E-state index is 13.4. The van der Waals surface area contributed by atoms with Gasteiger partial charge >= 0.3 is 0 Å². The van der Waals surface area contributed by atoms with Gasteiger partial charge in [0.15, 0.2) is 0 Å². The van der Waals surface area contributed by atoms with E-state index in [0.29, 0.717) is 17.3 Å². The van der Waals surface area contributed by atoms with E-state index in [1.54, 1.807) is 25.4 Å². The van der Waals surface area contributed by atoms with Crippen molar-refractivity contribution in [2.75, 3.05) is 12.4 Å². The lowest BCUT2D eigenvalue weighted by atomic mass is 9.86. The second-order valence-corrected chi connectivity index (χ2v) is 7.49. The highest BCUT2D eigenvalue weighted by Gasteiger charge is 2.33. The molecule has 2 aromatic carbocycles. The molecule has 4 aromatic rings. The van der Waals surface area contributed by atoms with Gasteiger partial charge in [0.05, 0.1) is 24.7 Å². The van der Waals surface area contributed by atoms with Gasteiger partial charge < -0.3 is 10.1 Å². The predicted octanol–water partition coefficient (Wildman–Crippen LogP) is 3.65. The van der Waals surface area contributed by atoms with Crippen LogP contribution >= 0.6 is 0 Å². The molecular weight excluding hydrogens is 411 g/mol. The molecule has 160 valence electrons. The summed E-state index contributed by atoms with van der Waals surface area (Å²) in [7, 11) is 1.60. The third-order valence-electron chi connectivity index (χ3n) is 5.48. The summed E-state index contributed by atoms with van der Waals surface area (Å²) >= 11 is 0. The minimum Gasteiger partial charge on any atom is -0.497 e. The van der Waals surface area contributed by atoms with E-state index < -0.39 is 0 Å². The Kier molecular flexibility index (Phi) is 4.85. The van der Waals surface area contributed by atoms with Crippen molar-refractivity contribution in [3.05, 3.63) is 77.4 Å². The van der Waals surface area contributed by atoms with Crippen molar-refractivity contribution >= 4 is 11.7 Å². The van der Waals surface area contributed by atoms with E-state index in [4.69, 9.17) is 4.74 Å². The third-order valence-corrected chi connectivity index (χ3v) is 5.48. The van der Waals surface area contributed by atoms with Crippen molar-refractivity contribution in [1.29, 1.82) is 0 Å². The lowest BCUT2D eigenvalue weighted by molar-refractivity contribution is -0.116. The summed E-state index contributed by atoms with van der Waals surface area (Å²) in [6, 6.07) is 13.6. The van der Waals surface area contributed by atoms with E-state index in [1.165, 1.54) is 16.8 Å². The van der Waals surface area contributed by atoms with Gasteiger partial charge in [-0.2, -0.15) is 14.9 Å². The van der Waals surface area contributed by atoms with E-state index in [0.717, 1.165) is 22.4 Å². The average Bonchev–Trinajstić information content (AvgIpc) is 3.15. The summed E-state index contributed by atoms with van der Waals surface area (Å²) in [5.74, 6) is 0.694. The minimum absolute atomic E-state index is 0.162. The summed E-state index contributed by atoms with van der Waals surface area (Å²) in [5.41, 5.74) is 3.82. The molecule has 0 aliphatic carbocycles. The molecule has 0 fully saturated rings. The third kappa shape index (κ3) is 3.47. The zero-order valence-electron chi connectivity index (χ0n) is 17.4. The van der Waals surface area contributed by atoms with Crippen molar-refractivity contribution in [2.45, 2.75) is 19.3 Å². The van der Waals surface area contributed by atoms with Crippen LogP contribution in [0.25, 0.3) is 17.2 Å². The fraction of sp³-hybridized carbons (Fsp3) is 0.174. The molecule has 1 aliphatic heterocycles. The molecule has 0 saturated heterocycles.